The smallest absolute Gasteiger partial charge is 0.302 e. The number of carbonyl (C=O) groups is 1. The zero-order valence-corrected chi connectivity index (χ0v) is 19.2. The first kappa shape index (κ1) is 22.5. The first-order valence-corrected chi connectivity index (χ1v) is 11.3. The molecule has 2 aromatic carbocycles. The lowest BCUT2D eigenvalue weighted by Crippen LogP contribution is -2.39. The van der Waals surface area contributed by atoms with Gasteiger partial charge in [-0.1, -0.05) is 0 Å². The van der Waals surface area contributed by atoms with Crippen LogP contribution in [0.5, 0.6) is 5.75 Å². The number of anilines is 2. The third-order valence-electron chi connectivity index (χ3n) is 5.46. The zero-order chi connectivity index (χ0) is 24.2. The van der Waals surface area contributed by atoms with Crippen molar-refractivity contribution in [1.82, 2.24) is 30.5 Å². The van der Waals surface area contributed by atoms with Gasteiger partial charge in [-0.25, -0.2) is 4.98 Å². The normalized spacial score (nSPS) is 13.0. The number of ether oxygens (including phenoxy) is 1. The molecule has 1 aliphatic rings. The Balaban J connectivity index is 1.26. The highest BCUT2D eigenvalue weighted by Gasteiger charge is 2.14. The predicted octanol–water partition coefficient (Wildman–Crippen LogP) is 1.11. The molecule has 0 saturated carbocycles. The van der Waals surface area contributed by atoms with Crippen LogP contribution in [0.15, 0.2) is 45.8 Å². The van der Waals surface area contributed by atoms with Gasteiger partial charge in [-0.2, -0.15) is 4.98 Å². The number of aromatic nitrogens is 3. The number of aryl methyl sites for hydroxylation is 1. The maximum atomic E-state index is 12.6. The maximum absolute atomic E-state index is 12.6. The Morgan fingerprint density at radius 2 is 2.11 bits per heavy atom. The van der Waals surface area contributed by atoms with Gasteiger partial charge in [0.25, 0.3) is 5.91 Å². The highest BCUT2D eigenvalue weighted by molar-refractivity contribution is 5.97. The van der Waals surface area contributed by atoms with Gasteiger partial charge in [-0.15, -0.1) is 0 Å². The number of nitrogens with zero attached hydrogens (tertiary/aromatic N) is 4. The molecule has 1 aliphatic heterocycles. The Morgan fingerprint density at radius 3 is 2.94 bits per heavy atom. The van der Waals surface area contributed by atoms with Crippen LogP contribution in [0.3, 0.4) is 0 Å². The highest BCUT2D eigenvalue weighted by atomic mass is 16.5. The van der Waals surface area contributed by atoms with Crippen LogP contribution in [-0.2, 0) is 7.05 Å². The van der Waals surface area contributed by atoms with Gasteiger partial charge in [0.1, 0.15) is 17.9 Å². The summed E-state index contributed by atoms with van der Waals surface area (Å²) in [5.41, 5.74) is 3.25. The molecule has 1 amide bonds. The number of oxazole rings is 1. The number of fused-ring (bicyclic) bond motifs is 2. The van der Waals surface area contributed by atoms with Crippen molar-refractivity contribution < 1.29 is 19.1 Å². The lowest BCUT2D eigenvalue weighted by Gasteiger charge is -2.08. The largest absolute Gasteiger partial charge is 0.491 e. The number of guanidine groups is 1. The number of nitrogens with one attached hydrogen (secondary N) is 4. The van der Waals surface area contributed by atoms with Crippen LogP contribution >= 0.6 is 0 Å². The molecule has 0 saturated heterocycles. The molecule has 182 valence electrons. The van der Waals surface area contributed by atoms with Crippen LogP contribution in [-0.4, -0.2) is 70.9 Å². The van der Waals surface area contributed by atoms with Gasteiger partial charge in [0, 0.05) is 38.3 Å². The molecule has 0 radical (unpaired) electrons. The van der Waals surface area contributed by atoms with E-state index in [0.717, 1.165) is 24.6 Å². The molecule has 5 N–H and O–H groups in total. The molecule has 5 rings (SSSR count). The molecular formula is C23H26N8O4. The zero-order valence-electron chi connectivity index (χ0n) is 19.2. The lowest BCUT2D eigenvalue weighted by atomic mass is 10.2. The fraction of sp³-hybridized carbons (Fsp3) is 0.304. The van der Waals surface area contributed by atoms with Crippen molar-refractivity contribution in [2.75, 3.05) is 44.7 Å². The van der Waals surface area contributed by atoms with Gasteiger partial charge in [0.2, 0.25) is 5.95 Å². The Kier molecular flexibility index (Phi) is 6.35. The van der Waals surface area contributed by atoms with E-state index in [-0.39, 0.29) is 25.1 Å². The van der Waals surface area contributed by atoms with Crippen LogP contribution < -0.4 is 26.0 Å². The van der Waals surface area contributed by atoms with E-state index in [1.807, 2.05) is 17.7 Å². The third kappa shape index (κ3) is 4.96. The van der Waals surface area contributed by atoms with Gasteiger partial charge in [0.05, 0.1) is 24.2 Å². The number of rotatable bonds is 9. The summed E-state index contributed by atoms with van der Waals surface area (Å²) in [7, 11) is 1.87. The second-order valence-corrected chi connectivity index (χ2v) is 7.88. The number of carbonyl (C=O) groups excluding carboxylic acids is 1. The van der Waals surface area contributed by atoms with Crippen molar-refractivity contribution in [2.24, 2.45) is 12.0 Å². The summed E-state index contributed by atoms with van der Waals surface area (Å²) >= 11 is 0. The molecule has 0 unspecified atom stereocenters. The van der Waals surface area contributed by atoms with E-state index in [4.69, 9.17) is 14.3 Å². The van der Waals surface area contributed by atoms with Crippen molar-refractivity contribution in [1.29, 1.82) is 0 Å². The minimum atomic E-state index is -0.173. The van der Waals surface area contributed by atoms with Gasteiger partial charge in [-0.05, 0) is 30.3 Å². The molecule has 0 spiro atoms. The first-order valence-electron chi connectivity index (χ1n) is 11.3. The van der Waals surface area contributed by atoms with E-state index < -0.39 is 0 Å². The number of amides is 1. The number of hydrogen-bond donors (Lipinski definition) is 5. The van der Waals surface area contributed by atoms with E-state index in [0.29, 0.717) is 47.0 Å². The summed E-state index contributed by atoms with van der Waals surface area (Å²) in [6.07, 6.45) is 0. The predicted molar refractivity (Wildman–Crippen MR) is 131 cm³/mol. The van der Waals surface area contributed by atoms with Crippen LogP contribution in [0.2, 0.25) is 0 Å². The topological polar surface area (TPSA) is 151 Å². The average molecular weight is 479 g/mol. The van der Waals surface area contributed by atoms with Gasteiger partial charge < -0.3 is 34.8 Å². The second-order valence-electron chi connectivity index (χ2n) is 7.88. The van der Waals surface area contributed by atoms with Crippen molar-refractivity contribution >= 4 is 46.0 Å². The SMILES string of the molecule is Cn1c(Nc2nc3ccc(OCCO)cc3o2)nc2cc(C(=O)NCCNC3=NCCN3)ccc21. The summed E-state index contributed by atoms with van der Waals surface area (Å²) in [4.78, 5) is 25.9. The lowest BCUT2D eigenvalue weighted by molar-refractivity contribution is 0.0954. The van der Waals surface area contributed by atoms with Gasteiger partial charge in [-0.3, -0.25) is 15.1 Å². The molecule has 12 nitrogen and oxygen atoms in total. The van der Waals surface area contributed by atoms with Gasteiger partial charge in [0.15, 0.2) is 11.5 Å². The Labute approximate surface area is 200 Å². The number of benzene rings is 2. The van der Waals surface area contributed by atoms with E-state index in [2.05, 4.69) is 36.2 Å². The molecule has 0 fully saturated rings. The molecule has 0 bridgehead atoms. The maximum Gasteiger partial charge on any atom is 0.302 e. The second kappa shape index (κ2) is 9.89. The number of hydrogen-bond acceptors (Lipinski definition) is 10. The van der Waals surface area contributed by atoms with E-state index in [1.54, 1.807) is 30.3 Å². The van der Waals surface area contributed by atoms with Crippen LogP contribution in [0.1, 0.15) is 10.4 Å². The number of aliphatic imine (C=N–C) groups is 1. The Hall–Kier alpha value is -4.32. The number of imidazole rings is 1. The van der Waals surface area contributed by atoms with Crippen molar-refractivity contribution in [2.45, 2.75) is 0 Å². The van der Waals surface area contributed by atoms with Crippen molar-refractivity contribution in [3.63, 3.8) is 0 Å². The van der Waals surface area contributed by atoms with Crippen molar-refractivity contribution in [3.8, 4) is 5.75 Å². The average Bonchev–Trinajstić information content (AvgIpc) is 3.59. The Bertz CT molecular complexity index is 1390. The molecule has 0 aliphatic carbocycles. The fourth-order valence-corrected chi connectivity index (χ4v) is 3.74. The summed E-state index contributed by atoms with van der Waals surface area (Å²) < 4.78 is 13.1. The van der Waals surface area contributed by atoms with Crippen LogP contribution in [0.4, 0.5) is 12.0 Å². The Morgan fingerprint density at radius 1 is 1.20 bits per heavy atom. The minimum absolute atomic E-state index is 0.0671. The molecule has 35 heavy (non-hydrogen) atoms. The van der Waals surface area contributed by atoms with Crippen molar-refractivity contribution in [3.05, 3.63) is 42.0 Å². The molecule has 0 atom stereocenters. The third-order valence-corrected chi connectivity index (χ3v) is 5.46. The molecule has 2 aromatic heterocycles. The fourth-order valence-electron chi connectivity index (χ4n) is 3.74. The quantitative estimate of drug-likeness (QED) is 0.223. The molecular weight excluding hydrogens is 452 g/mol. The van der Waals surface area contributed by atoms with Gasteiger partial charge >= 0.3 is 6.01 Å². The minimum Gasteiger partial charge on any atom is -0.491 e. The van der Waals surface area contributed by atoms with E-state index in [9.17, 15) is 4.79 Å². The van der Waals surface area contributed by atoms with Crippen LogP contribution in [0.25, 0.3) is 22.1 Å². The summed E-state index contributed by atoms with van der Waals surface area (Å²) in [5, 5.41) is 21.2. The molecule has 3 heterocycles. The first-order chi connectivity index (χ1) is 17.1. The standard InChI is InChI=1S/C23H26N8O4/c1-31-18-5-2-14(20(33)24-6-7-25-21-26-8-9-27-21)12-17(18)28-22(31)30-23-29-16-4-3-15(34-11-10-32)13-19(16)35-23/h2-5,12-13,32H,6-11H2,1H3,(H,24,33)(H2,25,26,27)(H,28,29,30). The monoisotopic (exact) mass is 478 g/mol. The van der Waals surface area contributed by atoms with E-state index in [1.165, 1.54) is 0 Å². The molecule has 12 heteroatoms. The number of aliphatic hydroxyl groups excluding tert-OH is 1. The highest BCUT2D eigenvalue weighted by Crippen LogP contribution is 2.27. The number of aliphatic hydroxyl groups is 1. The summed E-state index contributed by atoms with van der Waals surface area (Å²) in [6.45, 7) is 2.79. The molecule has 4 aromatic rings. The van der Waals surface area contributed by atoms with E-state index >= 15 is 0 Å². The summed E-state index contributed by atoms with van der Waals surface area (Å²) in [5.74, 6) is 1.70. The summed E-state index contributed by atoms with van der Waals surface area (Å²) in [6, 6.07) is 10.9. The van der Waals surface area contributed by atoms with Crippen LogP contribution in [0, 0.1) is 0 Å².